The van der Waals surface area contributed by atoms with E-state index >= 15 is 0 Å². The maximum Gasteiger partial charge on any atom is 0.251 e. The highest BCUT2D eigenvalue weighted by Gasteiger charge is 2.24. The molecule has 0 spiro atoms. The number of hydrogen-bond acceptors (Lipinski definition) is 4. The third-order valence-corrected chi connectivity index (χ3v) is 6.18. The van der Waals surface area contributed by atoms with E-state index in [1.54, 1.807) is 12.1 Å². The fourth-order valence-corrected chi connectivity index (χ4v) is 4.41. The van der Waals surface area contributed by atoms with Crippen LogP contribution in [0.1, 0.15) is 23.7 Å². The Bertz CT molecular complexity index is 827. The second kappa shape index (κ2) is 11.5. The Hall–Kier alpha value is -2.67. The summed E-state index contributed by atoms with van der Waals surface area (Å²) in [7, 11) is 0. The predicted molar refractivity (Wildman–Crippen MR) is 123 cm³/mol. The summed E-state index contributed by atoms with van der Waals surface area (Å²) in [4.78, 5) is 20.5. The maximum absolute atomic E-state index is 12.1. The fourth-order valence-electron chi connectivity index (χ4n) is 3.36. The molecule has 7 heteroatoms. The van der Waals surface area contributed by atoms with Crippen LogP contribution in [0.3, 0.4) is 0 Å². The lowest BCUT2D eigenvalue weighted by atomic mass is 10.2. The van der Waals surface area contributed by atoms with Gasteiger partial charge in [0.25, 0.3) is 5.91 Å². The standard InChI is InChI=1S/C23H30N4O2S/c1-2-24-23(26-14-13-25-22(29)19-8-10-20(28)11-9-19)27-15-12-18(16-27)17-30-21-6-4-3-5-7-21/h3-11,18,28H,2,12-17H2,1H3,(H,24,26)(H,25,29). The molecule has 3 N–H and O–H groups in total. The van der Waals surface area contributed by atoms with Gasteiger partial charge >= 0.3 is 0 Å². The quantitative estimate of drug-likeness (QED) is 0.262. The molecule has 2 aromatic carbocycles. The van der Waals surface area contributed by atoms with Gasteiger partial charge in [-0.25, -0.2) is 0 Å². The SMILES string of the molecule is CCNC(=NCCNC(=O)c1ccc(O)cc1)N1CCC(CSc2ccccc2)C1. The molecule has 0 radical (unpaired) electrons. The Labute approximate surface area is 182 Å². The van der Waals surface area contributed by atoms with Gasteiger partial charge in [0.2, 0.25) is 0 Å². The monoisotopic (exact) mass is 426 g/mol. The highest BCUT2D eigenvalue weighted by Crippen LogP contribution is 2.25. The van der Waals surface area contributed by atoms with Crippen LogP contribution in [-0.4, -0.2) is 60.3 Å². The zero-order chi connectivity index (χ0) is 21.2. The molecular weight excluding hydrogens is 396 g/mol. The van der Waals surface area contributed by atoms with Gasteiger partial charge in [-0.3, -0.25) is 9.79 Å². The number of amides is 1. The molecule has 0 aromatic heterocycles. The summed E-state index contributed by atoms with van der Waals surface area (Å²) < 4.78 is 0. The Morgan fingerprint density at radius 1 is 1.17 bits per heavy atom. The summed E-state index contributed by atoms with van der Waals surface area (Å²) in [6.45, 7) is 5.89. The van der Waals surface area contributed by atoms with Crippen LogP contribution in [0.25, 0.3) is 0 Å². The average Bonchev–Trinajstić information content (AvgIpc) is 3.24. The Morgan fingerprint density at radius 2 is 1.93 bits per heavy atom. The number of guanidine groups is 1. The predicted octanol–water partition coefficient (Wildman–Crippen LogP) is 3.20. The molecule has 1 aliphatic heterocycles. The minimum absolute atomic E-state index is 0.150. The fraction of sp³-hybridized carbons (Fsp3) is 0.391. The summed E-state index contributed by atoms with van der Waals surface area (Å²) in [6.07, 6.45) is 1.17. The topological polar surface area (TPSA) is 77.0 Å². The first-order valence-corrected chi connectivity index (χ1v) is 11.4. The van der Waals surface area contributed by atoms with Gasteiger partial charge in [0.15, 0.2) is 5.96 Å². The number of aliphatic imine (C=N–C) groups is 1. The van der Waals surface area contributed by atoms with Gasteiger partial charge in [0, 0.05) is 42.4 Å². The van der Waals surface area contributed by atoms with Crippen LogP contribution in [0, 0.1) is 5.92 Å². The van der Waals surface area contributed by atoms with Crippen molar-refractivity contribution in [3.05, 3.63) is 60.2 Å². The summed E-state index contributed by atoms with van der Waals surface area (Å²) >= 11 is 1.92. The molecule has 160 valence electrons. The largest absolute Gasteiger partial charge is 0.508 e. The first-order chi connectivity index (χ1) is 14.7. The molecule has 0 saturated carbocycles. The number of carbonyl (C=O) groups excluding carboxylic acids is 1. The zero-order valence-corrected chi connectivity index (χ0v) is 18.2. The van der Waals surface area contributed by atoms with Gasteiger partial charge < -0.3 is 20.6 Å². The van der Waals surface area contributed by atoms with E-state index in [0.717, 1.165) is 31.3 Å². The lowest BCUT2D eigenvalue weighted by Gasteiger charge is -2.21. The third kappa shape index (κ3) is 6.69. The van der Waals surface area contributed by atoms with E-state index in [9.17, 15) is 9.90 Å². The van der Waals surface area contributed by atoms with Crippen LogP contribution in [-0.2, 0) is 0 Å². The Morgan fingerprint density at radius 3 is 2.67 bits per heavy atom. The molecule has 1 atom stereocenters. The molecule has 30 heavy (non-hydrogen) atoms. The summed E-state index contributed by atoms with van der Waals surface area (Å²) in [5.74, 6) is 2.67. The van der Waals surface area contributed by atoms with Gasteiger partial charge in [0.05, 0.1) is 6.54 Å². The van der Waals surface area contributed by atoms with E-state index in [2.05, 4.69) is 46.7 Å². The maximum atomic E-state index is 12.1. The number of hydrogen-bond donors (Lipinski definition) is 3. The number of rotatable bonds is 8. The lowest BCUT2D eigenvalue weighted by molar-refractivity contribution is 0.0955. The molecule has 1 amide bonds. The Balaban J connectivity index is 1.44. The van der Waals surface area contributed by atoms with Crippen LogP contribution >= 0.6 is 11.8 Å². The van der Waals surface area contributed by atoms with E-state index in [-0.39, 0.29) is 11.7 Å². The van der Waals surface area contributed by atoms with Gasteiger partial charge in [-0.2, -0.15) is 0 Å². The highest BCUT2D eigenvalue weighted by molar-refractivity contribution is 7.99. The van der Waals surface area contributed by atoms with E-state index in [0.29, 0.717) is 24.6 Å². The molecule has 1 fully saturated rings. The van der Waals surface area contributed by atoms with Crippen molar-refractivity contribution in [2.45, 2.75) is 18.2 Å². The van der Waals surface area contributed by atoms with E-state index < -0.39 is 0 Å². The van der Waals surface area contributed by atoms with E-state index in [1.807, 2.05) is 17.8 Å². The van der Waals surface area contributed by atoms with Crippen molar-refractivity contribution >= 4 is 23.6 Å². The lowest BCUT2D eigenvalue weighted by Crippen LogP contribution is -2.40. The second-order valence-electron chi connectivity index (χ2n) is 7.26. The third-order valence-electron chi connectivity index (χ3n) is 4.94. The number of phenols is 1. The number of thioether (sulfide) groups is 1. The molecule has 1 unspecified atom stereocenters. The van der Waals surface area contributed by atoms with Crippen molar-refractivity contribution in [1.29, 1.82) is 0 Å². The van der Waals surface area contributed by atoms with Gasteiger partial charge in [0.1, 0.15) is 5.75 Å². The molecule has 1 heterocycles. The van der Waals surface area contributed by atoms with Crippen LogP contribution < -0.4 is 10.6 Å². The average molecular weight is 427 g/mol. The number of aromatic hydroxyl groups is 1. The van der Waals surface area contributed by atoms with Crippen molar-refractivity contribution in [3.63, 3.8) is 0 Å². The smallest absolute Gasteiger partial charge is 0.251 e. The molecule has 1 saturated heterocycles. The summed E-state index contributed by atoms with van der Waals surface area (Å²) in [5, 5.41) is 15.6. The molecule has 6 nitrogen and oxygen atoms in total. The summed E-state index contributed by atoms with van der Waals surface area (Å²) in [6, 6.07) is 16.8. The zero-order valence-electron chi connectivity index (χ0n) is 17.4. The first kappa shape index (κ1) is 22.0. The number of carbonyl (C=O) groups is 1. The molecule has 0 aliphatic carbocycles. The van der Waals surface area contributed by atoms with Crippen LogP contribution in [0.15, 0.2) is 64.5 Å². The van der Waals surface area contributed by atoms with Crippen molar-refractivity contribution < 1.29 is 9.90 Å². The second-order valence-corrected chi connectivity index (χ2v) is 8.36. The number of nitrogens with zero attached hydrogens (tertiary/aromatic N) is 2. The van der Waals surface area contributed by atoms with E-state index in [1.165, 1.54) is 23.4 Å². The number of nitrogens with one attached hydrogen (secondary N) is 2. The normalized spacial score (nSPS) is 16.5. The molecule has 0 bridgehead atoms. The Kier molecular flexibility index (Phi) is 8.44. The van der Waals surface area contributed by atoms with Gasteiger partial charge in [-0.15, -0.1) is 11.8 Å². The number of benzene rings is 2. The minimum Gasteiger partial charge on any atom is -0.508 e. The highest BCUT2D eigenvalue weighted by atomic mass is 32.2. The molecule has 1 aliphatic rings. The minimum atomic E-state index is -0.158. The van der Waals surface area contributed by atoms with Gasteiger partial charge in [-0.05, 0) is 55.7 Å². The van der Waals surface area contributed by atoms with Crippen molar-refractivity contribution in [2.75, 3.05) is 38.5 Å². The molecule has 3 rings (SSSR count). The number of likely N-dealkylation sites (tertiary alicyclic amines) is 1. The van der Waals surface area contributed by atoms with Crippen LogP contribution in [0.2, 0.25) is 0 Å². The molecule has 2 aromatic rings. The van der Waals surface area contributed by atoms with Crippen molar-refractivity contribution in [1.82, 2.24) is 15.5 Å². The molecular formula is C23H30N4O2S. The van der Waals surface area contributed by atoms with Gasteiger partial charge in [-0.1, -0.05) is 18.2 Å². The van der Waals surface area contributed by atoms with Crippen LogP contribution in [0.4, 0.5) is 0 Å². The summed E-state index contributed by atoms with van der Waals surface area (Å²) in [5.41, 5.74) is 0.530. The van der Waals surface area contributed by atoms with E-state index in [4.69, 9.17) is 4.99 Å². The van der Waals surface area contributed by atoms with Crippen molar-refractivity contribution in [2.24, 2.45) is 10.9 Å². The van der Waals surface area contributed by atoms with Crippen LogP contribution in [0.5, 0.6) is 5.75 Å². The number of phenolic OH excluding ortho intramolecular Hbond substituents is 1. The van der Waals surface area contributed by atoms with Crippen molar-refractivity contribution in [3.8, 4) is 5.75 Å². The first-order valence-electron chi connectivity index (χ1n) is 10.4.